The lowest BCUT2D eigenvalue weighted by molar-refractivity contribution is 0.621. The minimum absolute atomic E-state index is 0.271. The molecule has 3 nitrogen and oxygen atoms in total. The van der Waals surface area contributed by atoms with Crippen molar-refractivity contribution in [3.63, 3.8) is 0 Å². The summed E-state index contributed by atoms with van der Waals surface area (Å²) in [7, 11) is -1.03. The molecule has 0 amide bonds. The van der Waals surface area contributed by atoms with Crippen molar-refractivity contribution in [3.05, 3.63) is 102 Å². The van der Waals surface area contributed by atoms with Crippen LogP contribution in [0.4, 0.5) is 15.8 Å². The summed E-state index contributed by atoms with van der Waals surface area (Å²) in [5.41, 5.74) is 3.63. The van der Waals surface area contributed by atoms with Crippen molar-refractivity contribution in [1.82, 2.24) is 0 Å². The SMILES string of the molecule is CN1/C(=C\P(O)(=Nc2ccc(F)cc2)c2ccccc2)C(C)(C)c2ccccc21. The van der Waals surface area contributed by atoms with Gasteiger partial charge in [0.15, 0.2) is 0 Å². The minimum Gasteiger partial charge on any atom is -0.353 e. The number of likely N-dealkylation sites (N-methyl/N-ethyl adjacent to an activating group) is 1. The van der Waals surface area contributed by atoms with Crippen LogP contribution in [-0.2, 0) is 5.41 Å². The Kier molecular flexibility index (Phi) is 4.94. The molecular weight excluding hydrogens is 382 g/mol. The molecule has 0 radical (unpaired) electrons. The molecule has 1 aliphatic rings. The van der Waals surface area contributed by atoms with Crippen LogP contribution in [0.2, 0.25) is 0 Å². The fourth-order valence-electron chi connectivity index (χ4n) is 3.89. The van der Waals surface area contributed by atoms with E-state index in [0.29, 0.717) is 5.69 Å². The first-order valence-corrected chi connectivity index (χ1v) is 11.3. The number of hydrogen-bond donors (Lipinski definition) is 1. The van der Waals surface area contributed by atoms with Gasteiger partial charge in [-0.25, -0.2) is 9.14 Å². The van der Waals surface area contributed by atoms with E-state index in [-0.39, 0.29) is 11.2 Å². The Labute approximate surface area is 171 Å². The van der Waals surface area contributed by atoms with Gasteiger partial charge in [-0.05, 0) is 35.9 Å². The molecule has 0 aromatic heterocycles. The number of hydrogen-bond acceptors (Lipinski definition) is 2. The zero-order chi connectivity index (χ0) is 20.6. The van der Waals surface area contributed by atoms with Gasteiger partial charge >= 0.3 is 0 Å². The highest BCUT2D eigenvalue weighted by Crippen LogP contribution is 2.55. The van der Waals surface area contributed by atoms with Crippen LogP contribution >= 0.6 is 7.28 Å². The molecule has 3 aromatic carbocycles. The fraction of sp³-hybridized carbons (Fsp3) is 0.167. The van der Waals surface area contributed by atoms with Gasteiger partial charge in [0, 0.05) is 35.0 Å². The number of fused-ring (bicyclic) bond motifs is 1. The molecule has 0 fully saturated rings. The maximum atomic E-state index is 13.4. The third-order valence-corrected chi connectivity index (χ3v) is 7.67. The molecular formula is C24H24FN2OP. The second-order valence-electron chi connectivity index (χ2n) is 7.78. The summed E-state index contributed by atoms with van der Waals surface area (Å²) in [6, 6.07) is 23.7. The third kappa shape index (κ3) is 3.55. The van der Waals surface area contributed by atoms with Crippen LogP contribution in [0, 0.1) is 5.82 Å². The molecule has 0 bridgehead atoms. The van der Waals surface area contributed by atoms with E-state index < -0.39 is 7.28 Å². The Hall–Kier alpha value is -2.68. The number of benzene rings is 3. The Bertz CT molecular complexity index is 1120. The molecule has 1 aliphatic heterocycles. The first-order valence-electron chi connectivity index (χ1n) is 9.54. The van der Waals surface area contributed by atoms with E-state index in [9.17, 15) is 9.28 Å². The Balaban J connectivity index is 1.93. The van der Waals surface area contributed by atoms with E-state index in [4.69, 9.17) is 4.74 Å². The number of rotatable bonds is 3. The van der Waals surface area contributed by atoms with Crippen molar-refractivity contribution in [2.24, 2.45) is 4.74 Å². The molecule has 4 rings (SSSR count). The highest BCUT2D eigenvalue weighted by atomic mass is 31.2. The first-order chi connectivity index (χ1) is 13.8. The topological polar surface area (TPSA) is 35.8 Å². The van der Waals surface area contributed by atoms with Crippen molar-refractivity contribution in [3.8, 4) is 0 Å². The molecule has 29 heavy (non-hydrogen) atoms. The Morgan fingerprint density at radius 3 is 2.21 bits per heavy atom. The van der Waals surface area contributed by atoms with Crippen LogP contribution in [0.25, 0.3) is 0 Å². The fourth-order valence-corrected chi connectivity index (χ4v) is 6.15. The predicted molar refractivity (Wildman–Crippen MR) is 120 cm³/mol. The van der Waals surface area contributed by atoms with E-state index in [1.54, 1.807) is 12.1 Å². The zero-order valence-corrected chi connectivity index (χ0v) is 17.6. The molecule has 5 heteroatoms. The van der Waals surface area contributed by atoms with Gasteiger partial charge in [-0.15, -0.1) is 0 Å². The van der Waals surface area contributed by atoms with Crippen LogP contribution in [0.15, 0.2) is 95.1 Å². The van der Waals surface area contributed by atoms with Gasteiger partial charge < -0.3 is 9.79 Å². The summed E-state index contributed by atoms with van der Waals surface area (Å²) in [5, 5.41) is 0.761. The monoisotopic (exact) mass is 406 g/mol. The van der Waals surface area contributed by atoms with E-state index in [1.807, 2.05) is 55.3 Å². The summed E-state index contributed by atoms with van der Waals surface area (Å²) < 4.78 is 18.1. The number of halogens is 1. The van der Waals surface area contributed by atoms with E-state index in [1.165, 1.54) is 17.7 Å². The van der Waals surface area contributed by atoms with Gasteiger partial charge in [0.2, 0.25) is 0 Å². The standard InChI is InChI=1S/C24H24FN2OP/c1-24(2)21-11-7-8-12-22(21)27(3)23(24)17-29(28,20-9-5-4-6-10-20)26-19-15-13-18(25)14-16-19/h4-17,28H,1-3H3/b23-17-. The Morgan fingerprint density at radius 2 is 1.55 bits per heavy atom. The highest BCUT2D eigenvalue weighted by molar-refractivity contribution is 7.71. The molecule has 1 atom stereocenters. The average Bonchev–Trinajstić information content (AvgIpc) is 2.91. The molecule has 1 heterocycles. The highest BCUT2D eigenvalue weighted by Gasteiger charge is 2.39. The molecule has 0 saturated heterocycles. The molecule has 0 saturated carbocycles. The lowest BCUT2D eigenvalue weighted by Gasteiger charge is -2.27. The number of para-hydroxylation sites is 1. The van der Waals surface area contributed by atoms with Crippen molar-refractivity contribution >= 4 is 24.0 Å². The summed E-state index contributed by atoms with van der Waals surface area (Å²) in [5.74, 6) is 1.60. The largest absolute Gasteiger partial charge is 0.353 e. The van der Waals surface area contributed by atoms with Crippen molar-refractivity contribution in [2.75, 3.05) is 11.9 Å². The number of nitrogens with zero attached hydrogens (tertiary/aromatic N) is 2. The maximum absolute atomic E-state index is 13.4. The van der Waals surface area contributed by atoms with Gasteiger partial charge in [-0.2, -0.15) is 0 Å². The molecule has 0 aliphatic carbocycles. The zero-order valence-electron chi connectivity index (χ0n) is 16.7. The van der Waals surface area contributed by atoms with E-state index >= 15 is 0 Å². The molecule has 1 unspecified atom stereocenters. The number of allylic oxidation sites excluding steroid dienone is 1. The third-order valence-electron chi connectivity index (χ3n) is 5.47. The summed E-state index contributed by atoms with van der Waals surface area (Å²) >= 11 is 0. The van der Waals surface area contributed by atoms with Crippen molar-refractivity contribution in [2.45, 2.75) is 19.3 Å². The van der Waals surface area contributed by atoms with Crippen LogP contribution in [0.5, 0.6) is 0 Å². The van der Waals surface area contributed by atoms with Gasteiger partial charge in [0.05, 0.1) is 5.69 Å². The first kappa shape index (κ1) is 19.6. The van der Waals surface area contributed by atoms with Gasteiger partial charge in [-0.1, -0.05) is 62.4 Å². The number of anilines is 1. The molecule has 0 spiro atoms. The quantitative estimate of drug-likeness (QED) is 0.529. The normalized spacial score (nSPS) is 18.4. The van der Waals surface area contributed by atoms with Gasteiger partial charge in [0.25, 0.3) is 0 Å². The van der Waals surface area contributed by atoms with Crippen LogP contribution in [0.3, 0.4) is 0 Å². The molecule has 3 aromatic rings. The summed E-state index contributed by atoms with van der Waals surface area (Å²) in [6.07, 6.45) is 0. The Morgan fingerprint density at radius 1 is 0.931 bits per heavy atom. The van der Waals surface area contributed by atoms with Crippen LogP contribution in [-0.4, -0.2) is 11.9 Å². The van der Waals surface area contributed by atoms with E-state index in [0.717, 1.165) is 16.7 Å². The lowest BCUT2D eigenvalue weighted by Crippen LogP contribution is -2.23. The second-order valence-corrected chi connectivity index (χ2v) is 10.1. The summed E-state index contributed by atoms with van der Waals surface area (Å²) in [6.45, 7) is 4.32. The second kappa shape index (κ2) is 7.29. The smallest absolute Gasteiger partial charge is 0.140 e. The molecule has 148 valence electrons. The summed E-state index contributed by atoms with van der Waals surface area (Å²) in [4.78, 5) is 14.0. The van der Waals surface area contributed by atoms with Crippen LogP contribution in [0.1, 0.15) is 19.4 Å². The minimum atomic E-state index is -3.05. The lowest BCUT2D eigenvalue weighted by atomic mass is 9.84. The maximum Gasteiger partial charge on any atom is 0.140 e. The predicted octanol–water partition coefficient (Wildman–Crippen LogP) is 6.16. The van der Waals surface area contributed by atoms with E-state index in [2.05, 4.69) is 30.9 Å². The average molecular weight is 406 g/mol. The van der Waals surface area contributed by atoms with Gasteiger partial charge in [0.1, 0.15) is 13.1 Å². The molecule has 1 N–H and O–H groups in total. The van der Waals surface area contributed by atoms with Gasteiger partial charge in [-0.3, -0.25) is 0 Å². The van der Waals surface area contributed by atoms with Crippen LogP contribution < -0.4 is 10.2 Å². The van der Waals surface area contributed by atoms with Crippen molar-refractivity contribution < 1.29 is 9.28 Å². The van der Waals surface area contributed by atoms with Crippen molar-refractivity contribution in [1.29, 1.82) is 0 Å².